The molecule has 12 nitrogen and oxygen atoms in total. The van der Waals surface area contributed by atoms with Crippen molar-refractivity contribution >= 4 is 17.9 Å². The summed E-state index contributed by atoms with van der Waals surface area (Å²) in [5.41, 5.74) is 4.59. The fourth-order valence-corrected chi connectivity index (χ4v) is 6.67. The van der Waals surface area contributed by atoms with Crippen LogP contribution in [0.5, 0.6) is 5.75 Å². The van der Waals surface area contributed by atoms with Crippen molar-refractivity contribution in [1.29, 1.82) is 0 Å². The first-order valence-electron chi connectivity index (χ1n) is 17.6. The lowest BCUT2D eigenvalue weighted by molar-refractivity contribution is -0.276. The molecule has 4 aromatic rings. The molecule has 2 heterocycles. The number of carbonyl (C=O) groups excluding carboxylic acids is 3. The summed E-state index contributed by atoms with van der Waals surface area (Å²) in [6.07, 6.45) is -3.14. The highest BCUT2D eigenvalue weighted by atomic mass is 16.7. The van der Waals surface area contributed by atoms with Gasteiger partial charge in [-0.1, -0.05) is 97.9 Å². The van der Waals surface area contributed by atoms with Crippen LogP contribution in [0, 0.1) is 5.92 Å². The number of hydrogen-bond acceptors (Lipinski definition) is 10. The maximum atomic E-state index is 13.1. The maximum absolute atomic E-state index is 13.1. The van der Waals surface area contributed by atoms with Gasteiger partial charge in [-0.2, -0.15) is 0 Å². The second kappa shape index (κ2) is 17.1. The molecule has 0 saturated carbocycles. The summed E-state index contributed by atoms with van der Waals surface area (Å²) in [6.45, 7) is 2.86. The third-order valence-corrected chi connectivity index (χ3v) is 9.70. The number of alkyl carbamates (subject to hydrolysis) is 1. The van der Waals surface area contributed by atoms with Gasteiger partial charge in [0.25, 0.3) is 5.91 Å². The normalized spacial score (nSPS) is 22.2. The van der Waals surface area contributed by atoms with Gasteiger partial charge in [-0.3, -0.25) is 14.5 Å². The minimum atomic E-state index is -1.00. The molecule has 0 aliphatic carbocycles. The predicted octanol–water partition coefficient (Wildman–Crippen LogP) is 4.90. The number of benzene rings is 4. The Morgan fingerprint density at radius 3 is 2.32 bits per heavy atom. The predicted molar refractivity (Wildman–Crippen MR) is 194 cm³/mol. The summed E-state index contributed by atoms with van der Waals surface area (Å²) < 4.78 is 18.4. The number of ether oxygens (including phenoxy) is 3. The highest BCUT2D eigenvalue weighted by Crippen LogP contribution is 2.42. The van der Waals surface area contributed by atoms with Gasteiger partial charge >= 0.3 is 6.09 Å². The van der Waals surface area contributed by atoms with Gasteiger partial charge in [-0.25, -0.2) is 4.79 Å². The van der Waals surface area contributed by atoms with Crippen LogP contribution >= 0.6 is 0 Å². The van der Waals surface area contributed by atoms with E-state index in [-0.39, 0.29) is 50.1 Å². The molecular formula is C41H45N3O9. The Labute approximate surface area is 308 Å². The van der Waals surface area contributed by atoms with E-state index in [0.717, 1.165) is 27.2 Å². The van der Waals surface area contributed by atoms with Gasteiger partial charge in [0.2, 0.25) is 5.91 Å². The number of nitrogens with zero attached hydrogens (tertiary/aromatic N) is 2. The molecule has 0 bridgehead atoms. The number of likely N-dealkylation sites (tertiary alicyclic amines) is 1. The van der Waals surface area contributed by atoms with E-state index >= 15 is 0 Å². The maximum Gasteiger partial charge on any atom is 0.408 e. The number of aliphatic hydroxyl groups excluding tert-OH is 2. The van der Waals surface area contributed by atoms with Crippen molar-refractivity contribution in [3.8, 4) is 5.75 Å². The SMILES string of the molecule is C[C@H]1[C@@H](CN(C)C[C@@H](O)c2cccc(O)c2)O[C@@H](c2ccc(CN3C(=O)CC(NC(=O)OCc4ccccc4)C3=O)cc2)O[C@H]1c1ccc(CO)cc1. The van der Waals surface area contributed by atoms with Gasteiger partial charge < -0.3 is 39.7 Å². The molecule has 12 heteroatoms. The molecular weight excluding hydrogens is 678 g/mol. The van der Waals surface area contributed by atoms with Crippen molar-refractivity contribution in [2.24, 2.45) is 5.92 Å². The smallest absolute Gasteiger partial charge is 0.408 e. The molecule has 6 atom stereocenters. The Bertz CT molecular complexity index is 1850. The van der Waals surface area contributed by atoms with Crippen LogP contribution in [-0.4, -0.2) is 75.3 Å². The highest BCUT2D eigenvalue weighted by Gasteiger charge is 2.41. The van der Waals surface area contributed by atoms with E-state index in [0.29, 0.717) is 24.2 Å². The zero-order valence-corrected chi connectivity index (χ0v) is 29.7. The van der Waals surface area contributed by atoms with E-state index in [1.165, 1.54) is 0 Å². The van der Waals surface area contributed by atoms with Crippen molar-refractivity contribution < 1.29 is 43.9 Å². The summed E-state index contributed by atoms with van der Waals surface area (Å²) in [5, 5.41) is 32.9. The number of hydrogen-bond donors (Lipinski definition) is 4. The number of rotatable bonds is 13. The molecule has 4 N–H and O–H groups in total. The average molecular weight is 724 g/mol. The minimum absolute atomic E-state index is 0.0351. The fourth-order valence-electron chi connectivity index (χ4n) is 6.67. The molecule has 2 aliphatic rings. The number of phenols is 1. The summed E-state index contributed by atoms with van der Waals surface area (Å²) in [5.74, 6) is -0.891. The topological polar surface area (TPSA) is 158 Å². The first kappa shape index (κ1) is 37.6. The van der Waals surface area contributed by atoms with E-state index in [9.17, 15) is 29.7 Å². The van der Waals surface area contributed by atoms with E-state index in [4.69, 9.17) is 14.2 Å². The van der Waals surface area contributed by atoms with Crippen LogP contribution in [0.4, 0.5) is 4.79 Å². The van der Waals surface area contributed by atoms with Crippen molar-refractivity contribution in [2.45, 2.75) is 63.7 Å². The third-order valence-electron chi connectivity index (χ3n) is 9.70. The Morgan fingerprint density at radius 2 is 1.62 bits per heavy atom. The third kappa shape index (κ3) is 9.47. The standard InChI is InChI=1S/C41H45N3O9/c1-26-36(23-43(2)22-35(47)32-9-6-10-33(46)19-32)52-40(53-38(26)30-15-13-28(24-45)14-16-30)31-17-11-27(12-18-31)21-44-37(48)20-34(39(44)49)42-41(50)51-25-29-7-4-3-5-8-29/h3-19,26,34-36,38,40,45-47H,20-25H2,1-2H3,(H,42,50)/t26-,34?,35+,36+,38+,40+/m0/s1. The molecule has 2 saturated heterocycles. The molecule has 4 aromatic carbocycles. The highest BCUT2D eigenvalue weighted by molar-refractivity contribution is 6.06. The molecule has 53 heavy (non-hydrogen) atoms. The van der Waals surface area contributed by atoms with Gasteiger partial charge in [-0.15, -0.1) is 0 Å². The Hall–Kier alpha value is -5.11. The van der Waals surface area contributed by atoms with Crippen LogP contribution < -0.4 is 5.32 Å². The quantitative estimate of drug-likeness (QED) is 0.140. The first-order valence-corrected chi connectivity index (χ1v) is 17.6. The van der Waals surface area contributed by atoms with Crippen LogP contribution in [-0.2, 0) is 43.6 Å². The monoisotopic (exact) mass is 723 g/mol. The Kier molecular flexibility index (Phi) is 12.2. The molecule has 2 aliphatic heterocycles. The number of amides is 3. The Balaban J connectivity index is 1.11. The summed E-state index contributed by atoms with van der Waals surface area (Å²) in [7, 11) is 1.90. The van der Waals surface area contributed by atoms with Crippen molar-refractivity contribution in [1.82, 2.24) is 15.1 Å². The lowest BCUT2D eigenvalue weighted by Gasteiger charge is -2.42. The van der Waals surface area contributed by atoms with Gasteiger partial charge in [-0.05, 0) is 47.0 Å². The summed E-state index contributed by atoms with van der Waals surface area (Å²) in [4.78, 5) is 41.4. The van der Waals surface area contributed by atoms with Gasteiger partial charge in [0.15, 0.2) is 6.29 Å². The van der Waals surface area contributed by atoms with Gasteiger partial charge in [0, 0.05) is 24.6 Å². The number of imide groups is 1. The first-order chi connectivity index (χ1) is 25.6. The second-order valence-electron chi connectivity index (χ2n) is 13.7. The van der Waals surface area contributed by atoms with Gasteiger partial charge in [0.1, 0.15) is 18.4 Å². The average Bonchev–Trinajstić information content (AvgIpc) is 3.42. The van der Waals surface area contributed by atoms with Crippen LogP contribution in [0.1, 0.15) is 65.2 Å². The molecule has 278 valence electrons. The van der Waals surface area contributed by atoms with Gasteiger partial charge in [0.05, 0.1) is 37.9 Å². The lowest BCUT2D eigenvalue weighted by atomic mass is 9.90. The summed E-state index contributed by atoms with van der Waals surface area (Å²) in [6, 6.07) is 29.7. The molecule has 6 rings (SSSR count). The van der Waals surface area contributed by atoms with Crippen LogP contribution in [0.3, 0.4) is 0 Å². The number of nitrogens with one attached hydrogen (secondary N) is 1. The second-order valence-corrected chi connectivity index (χ2v) is 13.7. The van der Waals surface area contributed by atoms with E-state index in [2.05, 4.69) is 12.2 Å². The number of aliphatic hydroxyl groups is 2. The molecule has 1 unspecified atom stereocenters. The van der Waals surface area contributed by atoms with Crippen LogP contribution in [0.15, 0.2) is 103 Å². The molecule has 3 amide bonds. The molecule has 2 fully saturated rings. The molecule has 0 spiro atoms. The van der Waals surface area contributed by atoms with Crippen LogP contribution in [0.2, 0.25) is 0 Å². The molecule has 0 radical (unpaired) electrons. The largest absolute Gasteiger partial charge is 0.508 e. The minimum Gasteiger partial charge on any atom is -0.508 e. The number of carbonyl (C=O) groups is 3. The van der Waals surface area contributed by atoms with E-state index in [1.54, 1.807) is 24.3 Å². The van der Waals surface area contributed by atoms with E-state index < -0.39 is 36.3 Å². The lowest BCUT2D eigenvalue weighted by Crippen LogP contribution is -2.44. The zero-order valence-electron chi connectivity index (χ0n) is 29.7. The number of aromatic hydroxyl groups is 1. The zero-order chi connectivity index (χ0) is 37.5. The van der Waals surface area contributed by atoms with Crippen molar-refractivity contribution in [2.75, 3.05) is 20.1 Å². The van der Waals surface area contributed by atoms with Crippen molar-refractivity contribution in [3.05, 3.63) is 137 Å². The van der Waals surface area contributed by atoms with E-state index in [1.807, 2.05) is 90.8 Å². The number of phenolic OH excluding ortho intramolecular Hbond substituents is 1. The number of likely N-dealkylation sites (N-methyl/N-ethyl adjacent to an activating group) is 1. The summed E-state index contributed by atoms with van der Waals surface area (Å²) >= 11 is 0. The molecule has 0 aromatic heterocycles. The fraction of sp³-hybridized carbons (Fsp3) is 0.341. The Morgan fingerprint density at radius 1 is 0.925 bits per heavy atom. The van der Waals surface area contributed by atoms with Crippen molar-refractivity contribution in [3.63, 3.8) is 0 Å². The van der Waals surface area contributed by atoms with Crippen LogP contribution in [0.25, 0.3) is 0 Å².